The van der Waals surface area contributed by atoms with Crippen LogP contribution < -0.4 is 10.6 Å². The van der Waals surface area contributed by atoms with E-state index in [9.17, 15) is 9.59 Å². The number of carbonyl (C=O) groups excluding carboxylic acids is 2. The molecule has 2 heterocycles. The molecule has 122 valence electrons. The molecule has 2 N–H and O–H groups in total. The van der Waals surface area contributed by atoms with Crippen molar-refractivity contribution in [3.63, 3.8) is 0 Å². The number of nitrogens with zero attached hydrogens (tertiary/aromatic N) is 3. The number of thiazole rings is 1. The largest absolute Gasteiger partial charge is 0.355 e. The third kappa shape index (κ3) is 3.38. The summed E-state index contributed by atoms with van der Waals surface area (Å²) in [6.07, 6.45) is 2.96. The van der Waals surface area contributed by atoms with Crippen LogP contribution in [0, 0.1) is 0 Å². The third-order valence-corrected chi connectivity index (χ3v) is 4.24. The van der Waals surface area contributed by atoms with E-state index < -0.39 is 5.91 Å². The molecule has 2 amide bonds. The molecule has 1 aromatic carbocycles. The molecular weight excluding hydrogens is 326 g/mol. The lowest BCUT2D eigenvalue weighted by Gasteiger charge is -2.06. The number of hydrogen-bond donors (Lipinski definition) is 2. The second kappa shape index (κ2) is 7.14. The van der Waals surface area contributed by atoms with E-state index in [4.69, 9.17) is 0 Å². The van der Waals surface area contributed by atoms with Gasteiger partial charge in [-0.15, -0.1) is 11.3 Å². The Morgan fingerprint density at radius 2 is 1.92 bits per heavy atom. The maximum atomic E-state index is 12.3. The highest BCUT2D eigenvalue weighted by molar-refractivity contribution is 7.21. The molecule has 0 spiro atoms. The molecule has 3 aromatic rings. The Morgan fingerprint density at radius 1 is 1.12 bits per heavy atom. The van der Waals surface area contributed by atoms with Crippen molar-refractivity contribution < 1.29 is 9.59 Å². The number of carbonyl (C=O) groups is 2. The lowest BCUT2D eigenvalue weighted by Crippen LogP contribution is -2.37. The molecule has 2 aromatic heterocycles. The number of amides is 2. The topological polar surface area (TPSA) is 96.9 Å². The van der Waals surface area contributed by atoms with Crippen LogP contribution in [0.4, 0.5) is 0 Å². The lowest BCUT2D eigenvalue weighted by atomic mass is 10.3. The van der Waals surface area contributed by atoms with Crippen LogP contribution in [0.25, 0.3) is 20.9 Å². The molecule has 0 saturated heterocycles. The SMILES string of the molecule is CCNC(=O)CNC(=O)c1nccnc1-c1nc2ccccc2s1. The lowest BCUT2D eigenvalue weighted by molar-refractivity contribution is -0.120. The van der Waals surface area contributed by atoms with Crippen molar-refractivity contribution in [2.75, 3.05) is 13.1 Å². The monoisotopic (exact) mass is 341 g/mol. The van der Waals surface area contributed by atoms with Crippen molar-refractivity contribution in [2.24, 2.45) is 0 Å². The summed E-state index contributed by atoms with van der Waals surface area (Å²) in [5, 5.41) is 5.79. The minimum absolute atomic E-state index is 0.109. The van der Waals surface area contributed by atoms with Crippen LogP contribution in [0.3, 0.4) is 0 Å². The smallest absolute Gasteiger partial charge is 0.272 e. The maximum Gasteiger partial charge on any atom is 0.272 e. The quantitative estimate of drug-likeness (QED) is 0.735. The van der Waals surface area contributed by atoms with Gasteiger partial charge >= 0.3 is 0 Å². The number of benzene rings is 1. The summed E-state index contributed by atoms with van der Waals surface area (Å²) in [5.74, 6) is -0.708. The predicted octanol–water partition coefficient (Wildman–Crippen LogP) is 1.62. The van der Waals surface area contributed by atoms with Gasteiger partial charge in [-0.05, 0) is 19.1 Å². The van der Waals surface area contributed by atoms with Crippen LogP contribution in [0.2, 0.25) is 0 Å². The van der Waals surface area contributed by atoms with E-state index in [1.54, 1.807) is 0 Å². The molecule has 3 rings (SSSR count). The Hall–Kier alpha value is -2.87. The summed E-state index contributed by atoms with van der Waals surface area (Å²) in [5.41, 5.74) is 1.41. The van der Waals surface area contributed by atoms with Gasteiger partial charge in [-0.2, -0.15) is 0 Å². The van der Waals surface area contributed by atoms with Crippen LogP contribution in [0.5, 0.6) is 0 Å². The van der Waals surface area contributed by atoms with Crippen LogP contribution >= 0.6 is 11.3 Å². The van der Waals surface area contributed by atoms with Gasteiger partial charge in [0.2, 0.25) is 5.91 Å². The van der Waals surface area contributed by atoms with Crippen molar-refractivity contribution in [1.29, 1.82) is 0 Å². The van der Waals surface area contributed by atoms with Gasteiger partial charge in [-0.3, -0.25) is 9.59 Å². The first-order valence-corrected chi connectivity index (χ1v) is 8.22. The zero-order chi connectivity index (χ0) is 16.9. The second-order valence-electron chi connectivity index (χ2n) is 4.88. The van der Waals surface area contributed by atoms with Gasteiger partial charge in [0.05, 0.1) is 16.8 Å². The molecule has 8 heteroatoms. The molecule has 0 aliphatic rings. The van der Waals surface area contributed by atoms with Crippen LogP contribution in [-0.2, 0) is 4.79 Å². The van der Waals surface area contributed by atoms with E-state index in [2.05, 4.69) is 25.6 Å². The fourth-order valence-electron chi connectivity index (χ4n) is 2.14. The number of fused-ring (bicyclic) bond motifs is 1. The predicted molar refractivity (Wildman–Crippen MR) is 91.7 cm³/mol. The highest BCUT2D eigenvalue weighted by Gasteiger charge is 2.19. The number of aromatic nitrogens is 3. The number of rotatable bonds is 5. The highest BCUT2D eigenvalue weighted by Crippen LogP contribution is 2.29. The summed E-state index contributed by atoms with van der Waals surface area (Å²) in [7, 11) is 0. The Balaban J connectivity index is 1.87. The summed E-state index contributed by atoms with van der Waals surface area (Å²) < 4.78 is 1.01. The van der Waals surface area contributed by atoms with E-state index >= 15 is 0 Å². The number of para-hydroxylation sites is 1. The van der Waals surface area contributed by atoms with Gasteiger partial charge in [0.15, 0.2) is 5.69 Å². The fraction of sp³-hybridized carbons (Fsp3) is 0.188. The van der Waals surface area contributed by atoms with Crippen LogP contribution in [0.15, 0.2) is 36.7 Å². The summed E-state index contributed by atoms with van der Waals surface area (Å²) in [6.45, 7) is 2.22. The third-order valence-electron chi connectivity index (χ3n) is 3.19. The van der Waals surface area contributed by atoms with Crippen LogP contribution in [0.1, 0.15) is 17.4 Å². The first kappa shape index (κ1) is 16.0. The molecule has 0 radical (unpaired) electrons. The molecular formula is C16H15N5O2S. The molecule has 0 unspecified atom stereocenters. The fourth-order valence-corrected chi connectivity index (χ4v) is 3.10. The second-order valence-corrected chi connectivity index (χ2v) is 5.91. The Morgan fingerprint density at radius 3 is 2.71 bits per heavy atom. The summed E-state index contributed by atoms with van der Waals surface area (Å²) in [4.78, 5) is 36.7. The molecule has 0 fully saturated rings. The maximum absolute atomic E-state index is 12.3. The van der Waals surface area contributed by atoms with E-state index in [1.807, 2.05) is 31.2 Å². The highest BCUT2D eigenvalue weighted by atomic mass is 32.1. The van der Waals surface area contributed by atoms with Crippen molar-refractivity contribution in [2.45, 2.75) is 6.92 Å². The van der Waals surface area contributed by atoms with Crippen molar-refractivity contribution in [3.8, 4) is 10.7 Å². The van der Waals surface area contributed by atoms with E-state index in [0.29, 0.717) is 17.2 Å². The van der Waals surface area contributed by atoms with Gasteiger partial charge in [-0.25, -0.2) is 15.0 Å². The molecule has 0 atom stereocenters. The van der Waals surface area contributed by atoms with Crippen molar-refractivity contribution in [3.05, 3.63) is 42.4 Å². The Bertz CT molecular complexity index is 860. The minimum atomic E-state index is -0.455. The Labute approximate surface area is 142 Å². The number of hydrogen-bond acceptors (Lipinski definition) is 6. The minimum Gasteiger partial charge on any atom is -0.355 e. The van der Waals surface area contributed by atoms with E-state index in [0.717, 1.165) is 10.2 Å². The van der Waals surface area contributed by atoms with Gasteiger partial charge in [0.1, 0.15) is 10.7 Å². The normalized spacial score (nSPS) is 10.5. The summed E-state index contributed by atoms with van der Waals surface area (Å²) >= 11 is 1.44. The first-order valence-electron chi connectivity index (χ1n) is 7.41. The van der Waals surface area contributed by atoms with Gasteiger partial charge in [0, 0.05) is 18.9 Å². The molecule has 0 bridgehead atoms. The zero-order valence-corrected chi connectivity index (χ0v) is 13.8. The zero-order valence-electron chi connectivity index (χ0n) is 12.9. The van der Waals surface area contributed by atoms with Gasteiger partial charge < -0.3 is 10.6 Å². The van der Waals surface area contributed by atoms with Crippen molar-refractivity contribution >= 4 is 33.4 Å². The molecule has 0 aliphatic carbocycles. The van der Waals surface area contributed by atoms with Crippen molar-refractivity contribution in [1.82, 2.24) is 25.6 Å². The van der Waals surface area contributed by atoms with E-state index in [1.165, 1.54) is 23.7 Å². The molecule has 0 saturated carbocycles. The number of nitrogens with one attached hydrogen (secondary N) is 2. The number of likely N-dealkylation sites (N-methyl/N-ethyl adjacent to an activating group) is 1. The summed E-state index contributed by atoms with van der Waals surface area (Å²) in [6, 6.07) is 7.70. The Kier molecular flexibility index (Phi) is 4.76. The van der Waals surface area contributed by atoms with E-state index in [-0.39, 0.29) is 18.1 Å². The van der Waals surface area contributed by atoms with Gasteiger partial charge in [-0.1, -0.05) is 12.1 Å². The van der Waals surface area contributed by atoms with Crippen LogP contribution in [-0.4, -0.2) is 39.9 Å². The standard InChI is InChI=1S/C16H15N5O2S/c1-2-17-12(22)9-20-15(23)13-14(19-8-7-18-13)16-21-10-5-3-4-6-11(10)24-16/h3-8H,2,9H2,1H3,(H,17,22)(H,20,23). The molecule has 7 nitrogen and oxygen atoms in total. The molecule has 24 heavy (non-hydrogen) atoms. The average molecular weight is 341 g/mol. The molecule has 0 aliphatic heterocycles. The van der Waals surface area contributed by atoms with Gasteiger partial charge in [0.25, 0.3) is 5.91 Å². The average Bonchev–Trinajstić information content (AvgIpc) is 3.04. The first-order chi connectivity index (χ1) is 11.7.